The highest BCUT2D eigenvalue weighted by molar-refractivity contribution is 14.1. The van der Waals surface area contributed by atoms with Crippen molar-refractivity contribution < 1.29 is 4.39 Å². The van der Waals surface area contributed by atoms with Gasteiger partial charge in [-0.2, -0.15) is 0 Å². The Kier molecular flexibility index (Phi) is 3.35. The number of hydrogen-bond donors (Lipinski definition) is 0. The summed E-state index contributed by atoms with van der Waals surface area (Å²) in [6.45, 7) is 1.95. The Morgan fingerprint density at radius 1 is 1.47 bits per heavy atom. The molecule has 1 aromatic carbocycles. The summed E-state index contributed by atoms with van der Waals surface area (Å²) < 4.78 is 14.4. The number of nitrogens with zero attached hydrogens (tertiary/aromatic N) is 1. The van der Waals surface area contributed by atoms with Crippen molar-refractivity contribution in [2.24, 2.45) is 0 Å². The number of aromatic nitrogens is 1. The molecule has 0 aliphatic heterocycles. The fourth-order valence-electron chi connectivity index (χ4n) is 1.33. The fraction of sp³-hybridized carbons (Fsp3) is 0.182. The van der Waals surface area contributed by atoms with Crippen LogP contribution in [-0.2, 0) is 4.43 Å². The van der Waals surface area contributed by atoms with Gasteiger partial charge in [0, 0.05) is 10.9 Å². The van der Waals surface area contributed by atoms with Gasteiger partial charge in [0.15, 0.2) is 0 Å². The highest BCUT2D eigenvalue weighted by Gasteiger charge is 2.08. The third kappa shape index (κ3) is 2.36. The Balaban J connectivity index is 2.48. The highest BCUT2D eigenvalue weighted by Crippen LogP contribution is 2.26. The summed E-state index contributed by atoms with van der Waals surface area (Å²) in [5.41, 5.74) is 2.39. The number of alkyl halides is 1. The molecule has 0 bridgehead atoms. The van der Waals surface area contributed by atoms with Crippen LogP contribution in [0.4, 0.5) is 4.39 Å². The van der Waals surface area contributed by atoms with E-state index in [2.05, 4.69) is 27.6 Å². The van der Waals surface area contributed by atoms with Crippen molar-refractivity contribution in [3.05, 3.63) is 40.0 Å². The van der Waals surface area contributed by atoms with Crippen molar-refractivity contribution in [3.8, 4) is 11.3 Å². The Bertz CT molecular complexity index is 481. The molecule has 2 aromatic rings. The lowest BCUT2D eigenvalue weighted by molar-refractivity contribution is 0.630. The normalized spacial score (nSPS) is 10.6. The fourth-order valence-corrected chi connectivity index (χ4v) is 2.68. The minimum absolute atomic E-state index is 0.203. The van der Waals surface area contributed by atoms with Crippen LogP contribution in [0.5, 0.6) is 0 Å². The van der Waals surface area contributed by atoms with Crippen molar-refractivity contribution in [3.63, 3.8) is 0 Å². The minimum atomic E-state index is -0.203. The number of rotatable bonds is 2. The minimum Gasteiger partial charge on any atom is -0.240 e. The van der Waals surface area contributed by atoms with Crippen LogP contribution in [0.25, 0.3) is 11.3 Å². The van der Waals surface area contributed by atoms with E-state index in [-0.39, 0.29) is 5.82 Å². The molecular weight excluding hydrogens is 324 g/mol. The van der Waals surface area contributed by atoms with E-state index in [4.69, 9.17) is 0 Å². The zero-order chi connectivity index (χ0) is 10.8. The Morgan fingerprint density at radius 2 is 2.27 bits per heavy atom. The van der Waals surface area contributed by atoms with Crippen LogP contribution >= 0.6 is 33.9 Å². The van der Waals surface area contributed by atoms with Crippen LogP contribution in [0.3, 0.4) is 0 Å². The van der Waals surface area contributed by atoms with Gasteiger partial charge < -0.3 is 0 Å². The number of benzene rings is 1. The lowest BCUT2D eigenvalue weighted by atomic mass is 10.1. The molecule has 0 spiro atoms. The zero-order valence-corrected chi connectivity index (χ0v) is 11.1. The average Bonchev–Trinajstić information content (AvgIpc) is 2.70. The first kappa shape index (κ1) is 11.0. The molecule has 0 radical (unpaired) electrons. The maximum atomic E-state index is 13.5. The topological polar surface area (TPSA) is 12.9 Å². The van der Waals surface area contributed by atoms with Crippen LogP contribution in [0.15, 0.2) is 23.6 Å². The van der Waals surface area contributed by atoms with Gasteiger partial charge in [0.05, 0.1) is 10.1 Å². The summed E-state index contributed by atoms with van der Waals surface area (Å²) in [5, 5.41) is 2.94. The van der Waals surface area contributed by atoms with Gasteiger partial charge in [-0.25, -0.2) is 9.37 Å². The van der Waals surface area contributed by atoms with E-state index in [1.54, 1.807) is 17.4 Å². The second-order valence-electron chi connectivity index (χ2n) is 3.24. The predicted octanol–water partition coefficient (Wildman–Crippen LogP) is 4.19. The van der Waals surface area contributed by atoms with Gasteiger partial charge in [-0.3, -0.25) is 0 Å². The average molecular weight is 333 g/mol. The maximum Gasteiger partial charge on any atom is 0.132 e. The molecule has 4 heteroatoms. The van der Waals surface area contributed by atoms with Crippen LogP contribution < -0.4 is 0 Å². The van der Waals surface area contributed by atoms with Gasteiger partial charge in [-0.15, -0.1) is 11.3 Å². The molecule has 15 heavy (non-hydrogen) atoms. The molecule has 1 nitrogen and oxygen atoms in total. The van der Waals surface area contributed by atoms with E-state index < -0.39 is 0 Å². The summed E-state index contributed by atoms with van der Waals surface area (Å²) in [7, 11) is 0. The number of thiazole rings is 1. The molecule has 78 valence electrons. The summed E-state index contributed by atoms with van der Waals surface area (Å²) in [4.78, 5) is 4.37. The SMILES string of the molecule is Cc1ccc(F)c(-c2csc(CI)n2)c1. The summed E-state index contributed by atoms with van der Waals surface area (Å²) in [6.07, 6.45) is 0. The third-order valence-corrected chi connectivity index (χ3v) is 4.15. The molecule has 0 aliphatic rings. The first-order valence-electron chi connectivity index (χ1n) is 4.47. The quantitative estimate of drug-likeness (QED) is 0.593. The first-order valence-corrected chi connectivity index (χ1v) is 6.88. The smallest absolute Gasteiger partial charge is 0.132 e. The van der Waals surface area contributed by atoms with Gasteiger partial charge in [-0.05, 0) is 19.1 Å². The standard InChI is InChI=1S/C11H9FINS/c1-7-2-3-9(12)8(4-7)10-6-15-11(5-13)14-10/h2-4,6H,5H2,1H3. The third-order valence-electron chi connectivity index (χ3n) is 2.06. The molecular formula is C11H9FINS. The van der Waals surface area contributed by atoms with E-state index in [9.17, 15) is 4.39 Å². The van der Waals surface area contributed by atoms with Gasteiger partial charge in [0.1, 0.15) is 10.8 Å². The van der Waals surface area contributed by atoms with Crippen LogP contribution in [0.1, 0.15) is 10.6 Å². The van der Waals surface area contributed by atoms with E-state index >= 15 is 0 Å². The van der Waals surface area contributed by atoms with Crippen molar-refractivity contribution in [1.29, 1.82) is 0 Å². The predicted molar refractivity (Wildman–Crippen MR) is 70.0 cm³/mol. The molecule has 0 fully saturated rings. The molecule has 2 rings (SSSR count). The van der Waals surface area contributed by atoms with E-state index in [0.717, 1.165) is 20.7 Å². The molecule has 0 N–H and O–H groups in total. The monoisotopic (exact) mass is 333 g/mol. The molecule has 1 aromatic heterocycles. The molecule has 0 aliphatic carbocycles. The Labute approximate surface area is 106 Å². The number of aryl methyl sites for hydroxylation is 1. The van der Waals surface area contributed by atoms with Crippen molar-refractivity contribution in [2.75, 3.05) is 0 Å². The molecule has 0 unspecified atom stereocenters. The Hall–Kier alpha value is -0.490. The summed E-state index contributed by atoms with van der Waals surface area (Å²) in [5.74, 6) is -0.203. The van der Waals surface area contributed by atoms with Gasteiger partial charge in [-0.1, -0.05) is 34.2 Å². The van der Waals surface area contributed by atoms with Crippen LogP contribution in [0, 0.1) is 12.7 Å². The van der Waals surface area contributed by atoms with Gasteiger partial charge >= 0.3 is 0 Å². The number of hydrogen-bond acceptors (Lipinski definition) is 2. The van der Waals surface area contributed by atoms with Crippen LogP contribution in [-0.4, -0.2) is 4.98 Å². The molecule has 0 atom stereocenters. The number of halogens is 2. The van der Waals surface area contributed by atoms with Crippen molar-refractivity contribution >= 4 is 33.9 Å². The highest BCUT2D eigenvalue weighted by atomic mass is 127. The van der Waals surface area contributed by atoms with Crippen LogP contribution in [0.2, 0.25) is 0 Å². The van der Waals surface area contributed by atoms with Gasteiger partial charge in [0.2, 0.25) is 0 Å². The van der Waals surface area contributed by atoms with E-state index in [1.807, 2.05) is 18.4 Å². The Morgan fingerprint density at radius 3 is 2.93 bits per heavy atom. The molecule has 0 saturated heterocycles. The lowest BCUT2D eigenvalue weighted by Crippen LogP contribution is -1.86. The van der Waals surface area contributed by atoms with Crippen molar-refractivity contribution in [2.45, 2.75) is 11.4 Å². The lowest BCUT2D eigenvalue weighted by Gasteiger charge is -2.00. The summed E-state index contributed by atoms with van der Waals surface area (Å²) >= 11 is 3.83. The van der Waals surface area contributed by atoms with E-state index in [1.165, 1.54) is 6.07 Å². The molecule has 0 amide bonds. The van der Waals surface area contributed by atoms with Gasteiger partial charge in [0.25, 0.3) is 0 Å². The zero-order valence-electron chi connectivity index (χ0n) is 8.13. The molecule has 1 heterocycles. The van der Waals surface area contributed by atoms with E-state index in [0.29, 0.717) is 5.56 Å². The molecule has 0 saturated carbocycles. The largest absolute Gasteiger partial charge is 0.240 e. The summed E-state index contributed by atoms with van der Waals surface area (Å²) in [6, 6.07) is 5.10. The first-order chi connectivity index (χ1) is 7.20. The second kappa shape index (κ2) is 4.57. The second-order valence-corrected chi connectivity index (χ2v) is 4.95. The van der Waals surface area contributed by atoms with Crippen molar-refractivity contribution in [1.82, 2.24) is 4.98 Å². The maximum absolute atomic E-state index is 13.5.